The van der Waals surface area contributed by atoms with Crippen LogP contribution in [-0.2, 0) is 0 Å². The van der Waals surface area contributed by atoms with Gasteiger partial charge in [-0.3, -0.25) is 19.1 Å². The van der Waals surface area contributed by atoms with E-state index in [1.54, 1.807) is 17.4 Å². The van der Waals surface area contributed by atoms with Crippen molar-refractivity contribution in [2.24, 2.45) is 0 Å². The highest BCUT2D eigenvalue weighted by molar-refractivity contribution is 7.24. The van der Waals surface area contributed by atoms with Crippen LogP contribution in [0.4, 0.5) is 0 Å². The number of hydrogen-bond donors (Lipinski definition) is 0. The fourth-order valence-electron chi connectivity index (χ4n) is 4.31. The predicted octanol–water partition coefficient (Wildman–Crippen LogP) is 3.51. The fourth-order valence-corrected chi connectivity index (χ4v) is 5.36. The lowest BCUT2D eigenvalue weighted by Crippen LogP contribution is -2.42. The average molecular weight is 377 g/mol. The molecular weight excluding hydrogens is 356 g/mol. The molecule has 2 aliphatic rings. The van der Waals surface area contributed by atoms with Crippen LogP contribution in [0.25, 0.3) is 20.2 Å². The van der Waals surface area contributed by atoms with Gasteiger partial charge in [-0.15, -0.1) is 11.3 Å². The first-order chi connectivity index (χ1) is 13.2. The summed E-state index contributed by atoms with van der Waals surface area (Å²) < 4.78 is 4.16. The van der Waals surface area contributed by atoms with Gasteiger partial charge in [-0.2, -0.15) is 0 Å². The molecule has 0 bridgehead atoms. The van der Waals surface area contributed by atoms with Gasteiger partial charge >= 0.3 is 0 Å². The number of carbonyl (C=O) groups excluding carboxylic acids is 1. The molecule has 3 heterocycles. The van der Waals surface area contributed by atoms with Gasteiger partial charge in [0.1, 0.15) is 6.54 Å². The molecule has 136 valence electrons. The third-order valence-corrected chi connectivity index (χ3v) is 6.80. The van der Waals surface area contributed by atoms with Crippen molar-refractivity contribution in [1.29, 1.82) is 0 Å². The van der Waals surface area contributed by atoms with E-state index in [2.05, 4.69) is 9.48 Å². The highest BCUT2D eigenvalue weighted by atomic mass is 32.1. The molecule has 0 radical (unpaired) electrons. The molecule has 0 saturated carbocycles. The normalized spacial score (nSPS) is 17.0. The van der Waals surface area contributed by atoms with Crippen LogP contribution in [0, 0.1) is 0 Å². The first-order valence-corrected chi connectivity index (χ1v) is 10.4. The SMILES string of the molecule is O=C(C[N+]1=C2CCCN2CCC1)c1ccc2sc3ccccc3c(=O)c2c1. The summed E-state index contributed by atoms with van der Waals surface area (Å²) in [5, 5.41) is 1.38. The van der Waals surface area contributed by atoms with Crippen molar-refractivity contribution in [3.05, 3.63) is 58.3 Å². The van der Waals surface area contributed by atoms with Crippen molar-refractivity contribution in [3.8, 4) is 0 Å². The zero-order valence-electron chi connectivity index (χ0n) is 15.1. The van der Waals surface area contributed by atoms with Gasteiger partial charge in [0.15, 0.2) is 5.43 Å². The topological polar surface area (TPSA) is 40.4 Å². The Hall–Kier alpha value is -2.53. The summed E-state index contributed by atoms with van der Waals surface area (Å²) >= 11 is 1.60. The van der Waals surface area contributed by atoms with Crippen LogP contribution in [0.5, 0.6) is 0 Å². The molecule has 27 heavy (non-hydrogen) atoms. The Bertz CT molecular complexity index is 1160. The van der Waals surface area contributed by atoms with Gasteiger partial charge in [-0.25, -0.2) is 0 Å². The van der Waals surface area contributed by atoms with E-state index in [0.29, 0.717) is 17.5 Å². The molecule has 0 N–H and O–H groups in total. The van der Waals surface area contributed by atoms with E-state index in [0.717, 1.165) is 47.3 Å². The van der Waals surface area contributed by atoms with Gasteiger partial charge in [0.2, 0.25) is 11.6 Å². The molecule has 1 aromatic heterocycles. The Labute approximate surface area is 161 Å². The van der Waals surface area contributed by atoms with E-state index >= 15 is 0 Å². The molecule has 5 heteroatoms. The lowest BCUT2D eigenvalue weighted by molar-refractivity contribution is -0.525. The summed E-state index contributed by atoms with van der Waals surface area (Å²) in [4.78, 5) is 28.2. The van der Waals surface area contributed by atoms with Crippen molar-refractivity contribution in [2.75, 3.05) is 26.2 Å². The largest absolute Gasteiger partial charge is 0.290 e. The molecule has 0 aliphatic carbocycles. The van der Waals surface area contributed by atoms with Crippen molar-refractivity contribution in [3.63, 3.8) is 0 Å². The molecule has 0 atom stereocenters. The van der Waals surface area contributed by atoms with Crippen molar-refractivity contribution in [2.45, 2.75) is 19.3 Å². The first-order valence-electron chi connectivity index (χ1n) is 9.55. The summed E-state index contributed by atoms with van der Waals surface area (Å²) in [6, 6.07) is 13.3. The number of rotatable bonds is 3. The summed E-state index contributed by atoms with van der Waals surface area (Å²) in [7, 11) is 0. The monoisotopic (exact) mass is 377 g/mol. The van der Waals surface area contributed by atoms with Crippen LogP contribution in [0.2, 0.25) is 0 Å². The number of carbonyl (C=O) groups is 1. The fraction of sp³-hybridized carbons (Fsp3) is 0.318. The molecular formula is C22H21N2O2S+. The maximum Gasteiger partial charge on any atom is 0.247 e. The van der Waals surface area contributed by atoms with Gasteiger partial charge < -0.3 is 0 Å². The lowest BCUT2D eigenvalue weighted by Gasteiger charge is -2.21. The second-order valence-corrected chi connectivity index (χ2v) is 8.43. The number of hydrogen-bond acceptors (Lipinski definition) is 4. The molecule has 0 amide bonds. The Morgan fingerprint density at radius 1 is 1.04 bits per heavy atom. The zero-order chi connectivity index (χ0) is 18.4. The summed E-state index contributed by atoms with van der Waals surface area (Å²) in [6.07, 6.45) is 3.36. The Kier molecular flexibility index (Phi) is 4.05. The third-order valence-electron chi connectivity index (χ3n) is 5.65. The molecule has 5 rings (SSSR count). The summed E-state index contributed by atoms with van der Waals surface area (Å²) in [5.41, 5.74) is 0.654. The predicted molar refractivity (Wildman–Crippen MR) is 110 cm³/mol. The van der Waals surface area contributed by atoms with Crippen LogP contribution in [-0.4, -0.2) is 47.3 Å². The highest BCUT2D eigenvalue weighted by Gasteiger charge is 2.32. The van der Waals surface area contributed by atoms with Crippen molar-refractivity contribution >= 4 is 43.1 Å². The van der Waals surface area contributed by atoms with Crippen LogP contribution in [0.15, 0.2) is 47.3 Å². The molecule has 0 unspecified atom stereocenters. The standard InChI is InChI=1S/C22H21N2O2S/c25-18(14-24-12-4-11-23-10-3-7-21(23)24)15-8-9-20-17(13-15)22(26)16-5-1-2-6-19(16)27-20/h1-2,5-6,8-9,13H,3-4,7,10-12,14H2/q+1. The lowest BCUT2D eigenvalue weighted by atomic mass is 10.1. The van der Waals surface area contributed by atoms with Crippen molar-refractivity contribution in [1.82, 2.24) is 4.90 Å². The Morgan fingerprint density at radius 2 is 1.85 bits per heavy atom. The maximum atomic E-state index is 12.9. The van der Waals surface area contributed by atoms with Crippen LogP contribution < -0.4 is 5.43 Å². The van der Waals surface area contributed by atoms with Gasteiger partial charge in [-0.05, 0) is 36.8 Å². The molecule has 1 fully saturated rings. The maximum absolute atomic E-state index is 12.9. The molecule has 0 spiro atoms. The zero-order valence-corrected chi connectivity index (χ0v) is 15.9. The van der Waals surface area contributed by atoms with E-state index in [1.165, 1.54) is 12.3 Å². The molecule has 3 aromatic rings. The number of nitrogens with zero attached hydrogens (tertiary/aromatic N) is 2. The van der Waals surface area contributed by atoms with Gasteiger partial charge in [-0.1, -0.05) is 12.1 Å². The highest BCUT2D eigenvalue weighted by Crippen LogP contribution is 2.25. The number of Topliss-reactive ketones (excluding diaryl/α,β-unsaturated/α-hetero) is 1. The van der Waals surface area contributed by atoms with Crippen LogP contribution in [0.1, 0.15) is 29.6 Å². The van der Waals surface area contributed by atoms with E-state index in [4.69, 9.17) is 0 Å². The molecule has 2 aliphatic heterocycles. The number of ketones is 1. The Morgan fingerprint density at radius 3 is 2.78 bits per heavy atom. The smallest absolute Gasteiger partial charge is 0.247 e. The van der Waals surface area contributed by atoms with Gasteiger partial charge in [0.25, 0.3) is 0 Å². The minimum absolute atomic E-state index is 0.0170. The molecule has 2 aromatic carbocycles. The molecule has 4 nitrogen and oxygen atoms in total. The Balaban J connectivity index is 1.53. The minimum Gasteiger partial charge on any atom is -0.290 e. The van der Waals surface area contributed by atoms with E-state index in [-0.39, 0.29) is 11.2 Å². The second-order valence-electron chi connectivity index (χ2n) is 7.34. The van der Waals surface area contributed by atoms with E-state index < -0.39 is 0 Å². The second kappa shape index (κ2) is 6.57. The van der Waals surface area contributed by atoms with Crippen molar-refractivity contribution < 1.29 is 9.37 Å². The number of benzene rings is 2. The third kappa shape index (κ3) is 2.86. The van der Waals surface area contributed by atoms with Crippen LogP contribution >= 0.6 is 11.3 Å². The summed E-state index contributed by atoms with van der Waals surface area (Å²) in [6.45, 7) is 3.58. The quantitative estimate of drug-likeness (QED) is 0.398. The van der Waals surface area contributed by atoms with Crippen LogP contribution in [0.3, 0.4) is 0 Å². The first kappa shape index (κ1) is 16.6. The number of fused-ring (bicyclic) bond motifs is 3. The van der Waals surface area contributed by atoms with E-state index in [9.17, 15) is 9.59 Å². The summed E-state index contributed by atoms with van der Waals surface area (Å²) in [5.74, 6) is 1.42. The average Bonchev–Trinajstić information content (AvgIpc) is 3.18. The minimum atomic E-state index is 0.0170. The van der Waals surface area contributed by atoms with Gasteiger partial charge in [0, 0.05) is 32.2 Å². The number of amidine groups is 1. The van der Waals surface area contributed by atoms with E-state index in [1.807, 2.05) is 36.4 Å². The molecule has 1 saturated heterocycles. The van der Waals surface area contributed by atoms with Gasteiger partial charge in [0.05, 0.1) is 26.1 Å².